The van der Waals surface area contributed by atoms with Crippen LogP contribution in [0.2, 0.25) is 0 Å². The zero-order valence-electron chi connectivity index (χ0n) is 27.8. The molecule has 264 valence electrons. The number of likely N-dealkylation sites (tertiary alicyclic amines) is 1. The summed E-state index contributed by atoms with van der Waals surface area (Å²) >= 11 is 0.975. The van der Waals surface area contributed by atoms with E-state index in [9.17, 15) is 32.0 Å². The number of alkyl halides is 3. The zero-order chi connectivity index (χ0) is 35.1. The topological polar surface area (TPSA) is 131 Å². The van der Waals surface area contributed by atoms with Crippen molar-refractivity contribution in [3.63, 3.8) is 0 Å². The van der Waals surface area contributed by atoms with Crippen molar-refractivity contribution in [1.29, 1.82) is 5.26 Å². The van der Waals surface area contributed by atoms with E-state index < -0.39 is 29.2 Å². The summed E-state index contributed by atoms with van der Waals surface area (Å²) in [7, 11) is -3.20. The lowest BCUT2D eigenvalue weighted by Gasteiger charge is -2.37. The molecular formula is C33H41F3N8O3S2. The van der Waals surface area contributed by atoms with Gasteiger partial charge in [0.25, 0.3) is 0 Å². The molecule has 1 atom stereocenters. The third kappa shape index (κ3) is 8.03. The van der Waals surface area contributed by atoms with Gasteiger partial charge < -0.3 is 15.0 Å². The summed E-state index contributed by atoms with van der Waals surface area (Å²) in [6.07, 6.45) is -2.48. The quantitative estimate of drug-likeness (QED) is 0.244. The molecule has 1 aromatic carbocycles. The van der Waals surface area contributed by atoms with Crippen LogP contribution in [0, 0.1) is 18.3 Å². The van der Waals surface area contributed by atoms with Crippen LogP contribution in [-0.2, 0) is 36.1 Å². The van der Waals surface area contributed by atoms with Gasteiger partial charge in [-0.25, -0.2) is 18.4 Å². The van der Waals surface area contributed by atoms with Gasteiger partial charge in [0.2, 0.25) is 10.0 Å². The van der Waals surface area contributed by atoms with Gasteiger partial charge in [0.05, 0.1) is 18.1 Å². The second kappa shape index (κ2) is 14.1. The Morgan fingerprint density at radius 1 is 1.10 bits per heavy atom. The number of thiophene rings is 1. The Morgan fingerprint density at radius 3 is 2.45 bits per heavy atom. The number of halogens is 3. The molecule has 2 fully saturated rings. The van der Waals surface area contributed by atoms with Crippen LogP contribution < -0.4 is 5.32 Å². The van der Waals surface area contributed by atoms with E-state index in [1.165, 1.54) is 22.2 Å². The third-order valence-electron chi connectivity index (χ3n) is 9.72. The minimum absolute atomic E-state index is 0.0685. The highest BCUT2D eigenvalue weighted by atomic mass is 32.2. The number of benzene rings is 1. The highest BCUT2D eigenvalue weighted by Crippen LogP contribution is 2.34. The van der Waals surface area contributed by atoms with Gasteiger partial charge in [-0.3, -0.25) is 9.80 Å². The fourth-order valence-electron chi connectivity index (χ4n) is 6.99. The molecule has 0 spiro atoms. The van der Waals surface area contributed by atoms with Crippen molar-refractivity contribution in [3.05, 3.63) is 51.8 Å². The fraction of sp³-hybridized carbons (Fsp3) is 0.545. The van der Waals surface area contributed by atoms with Crippen LogP contribution in [0.3, 0.4) is 0 Å². The van der Waals surface area contributed by atoms with Crippen LogP contribution in [-0.4, -0.2) is 106 Å². The number of aromatic nitrogens is 3. The lowest BCUT2D eigenvalue weighted by atomic mass is 10.0. The number of fused-ring (bicyclic) bond motifs is 2. The average Bonchev–Trinajstić information content (AvgIpc) is 3.62. The molecule has 2 aliphatic rings. The van der Waals surface area contributed by atoms with Gasteiger partial charge in [0.1, 0.15) is 29.0 Å². The van der Waals surface area contributed by atoms with Gasteiger partial charge in [-0.1, -0.05) is 6.07 Å². The molecule has 2 saturated heterocycles. The Kier molecular flexibility index (Phi) is 10.2. The molecule has 11 nitrogen and oxygen atoms in total. The van der Waals surface area contributed by atoms with Crippen LogP contribution >= 0.6 is 11.3 Å². The maximum absolute atomic E-state index is 13.0. The Labute approximate surface area is 288 Å². The average molecular weight is 719 g/mol. The molecule has 0 amide bonds. The van der Waals surface area contributed by atoms with E-state index in [4.69, 9.17) is 0 Å². The van der Waals surface area contributed by atoms with Crippen molar-refractivity contribution < 1.29 is 26.7 Å². The maximum Gasteiger partial charge on any atom is 0.393 e. The smallest absolute Gasteiger partial charge is 0.388 e. The summed E-state index contributed by atoms with van der Waals surface area (Å²) in [6.45, 7) is 9.04. The van der Waals surface area contributed by atoms with E-state index in [2.05, 4.69) is 61.7 Å². The number of hydrogen-bond acceptors (Lipinski definition) is 10. The number of rotatable bonds is 10. The molecule has 2 N–H and O–H groups in total. The second-order valence-corrected chi connectivity index (χ2v) is 16.2. The number of anilines is 1. The van der Waals surface area contributed by atoms with Crippen molar-refractivity contribution in [1.82, 2.24) is 28.6 Å². The highest BCUT2D eigenvalue weighted by Gasteiger charge is 2.30. The summed E-state index contributed by atoms with van der Waals surface area (Å²) in [4.78, 5) is 13.9. The molecule has 5 heterocycles. The SMILES string of the molecule is Cc1c(CN2CCC(Nc3nc(CO)nc4sc(CC(F)(F)F)cc34)CC2)ccc2c1cc(C#N)n2C[C@H](C)N1CCN(S(C)(=O)=O)CC1. The van der Waals surface area contributed by atoms with E-state index in [0.29, 0.717) is 54.5 Å². The number of aliphatic hydroxyl groups excluding tert-OH is 1. The van der Waals surface area contributed by atoms with E-state index >= 15 is 0 Å². The number of nitrogens with one attached hydrogen (secondary N) is 1. The molecule has 6 rings (SSSR count). The van der Waals surface area contributed by atoms with Crippen LogP contribution in [0.25, 0.3) is 21.1 Å². The molecule has 0 unspecified atom stereocenters. The number of piperidine rings is 1. The van der Waals surface area contributed by atoms with Gasteiger partial charge in [-0.15, -0.1) is 11.3 Å². The van der Waals surface area contributed by atoms with Gasteiger partial charge >= 0.3 is 6.18 Å². The first-order valence-corrected chi connectivity index (χ1v) is 19.1. The third-order valence-corrected chi connectivity index (χ3v) is 12.1. The normalized spacial score (nSPS) is 18.3. The van der Waals surface area contributed by atoms with Crippen molar-refractivity contribution in [2.45, 2.75) is 71.1 Å². The first kappa shape index (κ1) is 35.5. The molecular weight excluding hydrogens is 678 g/mol. The van der Waals surface area contributed by atoms with E-state index in [1.54, 1.807) is 0 Å². The largest absolute Gasteiger partial charge is 0.393 e. The molecule has 0 aliphatic carbocycles. The Balaban J connectivity index is 1.10. The monoisotopic (exact) mass is 718 g/mol. The number of nitriles is 1. The van der Waals surface area contributed by atoms with Gasteiger partial charge in [-0.05, 0) is 56.0 Å². The Morgan fingerprint density at radius 2 is 1.82 bits per heavy atom. The number of aliphatic hydroxyl groups is 1. The Bertz CT molecular complexity index is 1970. The summed E-state index contributed by atoms with van der Waals surface area (Å²) in [5.74, 6) is 0.635. The van der Waals surface area contributed by atoms with E-state index in [-0.39, 0.29) is 22.8 Å². The first-order valence-electron chi connectivity index (χ1n) is 16.4. The second-order valence-electron chi connectivity index (χ2n) is 13.1. The number of nitrogens with zero attached hydrogens (tertiary/aromatic N) is 7. The lowest BCUT2D eigenvalue weighted by molar-refractivity contribution is -0.126. The Hall–Kier alpha value is -3.33. The predicted molar refractivity (Wildman–Crippen MR) is 184 cm³/mol. The van der Waals surface area contributed by atoms with Crippen LogP contribution in [0.1, 0.15) is 47.3 Å². The fourth-order valence-corrected chi connectivity index (χ4v) is 8.89. The van der Waals surface area contributed by atoms with E-state index in [1.807, 2.05) is 6.07 Å². The molecule has 2 aliphatic heterocycles. The van der Waals surface area contributed by atoms with Crippen LogP contribution in [0.15, 0.2) is 24.3 Å². The van der Waals surface area contributed by atoms with Gasteiger partial charge in [0.15, 0.2) is 5.82 Å². The summed E-state index contributed by atoms with van der Waals surface area (Å²) in [5, 5.41) is 24.7. The van der Waals surface area contributed by atoms with E-state index in [0.717, 1.165) is 60.3 Å². The van der Waals surface area contributed by atoms with Crippen molar-refractivity contribution in [2.75, 3.05) is 50.8 Å². The molecule has 0 radical (unpaired) electrons. The molecule has 16 heteroatoms. The number of aryl methyl sites for hydroxylation is 1. The molecule has 49 heavy (non-hydrogen) atoms. The zero-order valence-corrected chi connectivity index (χ0v) is 29.4. The minimum Gasteiger partial charge on any atom is -0.388 e. The minimum atomic E-state index is -4.32. The van der Waals surface area contributed by atoms with Gasteiger partial charge in [0, 0.05) is 80.2 Å². The molecule has 4 aromatic rings. The lowest BCUT2D eigenvalue weighted by Crippen LogP contribution is -2.51. The van der Waals surface area contributed by atoms with Crippen molar-refractivity contribution >= 4 is 48.3 Å². The van der Waals surface area contributed by atoms with Gasteiger partial charge in [-0.2, -0.15) is 22.7 Å². The number of sulfonamides is 1. The summed E-state index contributed by atoms with van der Waals surface area (Å²) < 4.78 is 66.6. The predicted octanol–water partition coefficient (Wildman–Crippen LogP) is 4.47. The molecule has 0 bridgehead atoms. The molecule has 3 aromatic heterocycles. The van der Waals surface area contributed by atoms with Crippen LogP contribution in [0.5, 0.6) is 0 Å². The van der Waals surface area contributed by atoms with Crippen LogP contribution in [0.4, 0.5) is 19.0 Å². The van der Waals surface area contributed by atoms with Crippen molar-refractivity contribution in [2.24, 2.45) is 0 Å². The number of piperazine rings is 1. The number of hydrogen-bond donors (Lipinski definition) is 2. The summed E-state index contributed by atoms with van der Waals surface area (Å²) in [5.41, 5.74) is 3.93. The maximum atomic E-state index is 13.0. The van der Waals surface area contributed by atoms with Crippen molar-refractivity contribution in [3.8, 4) is 6.07 Å². The summed E-state index contributed by atoms with van der Waals surface area (Å²) in [6, 6.07) is 10.3. The highest BCUT2D eigenvalue weighted by molar-refractivity contribution is 7.88. The molecule has 0 saturated carbocycles. The standard InChI is InChI=1S/C33H41F3N8O3S2/c1-21(42-10-12-43(13-11-42)49(3,46)47)18-44-25(17-37)14-27-22(2)23(4-5-29(27)44)19-41-8-6-24(7-9-41)38-31-28-15-26(16-33(34,35)36)48-32(28)40-30(20-45)39-31/h4-5,14-15,21,24,45H,6-13,16,18-20H2,1-3H3,(H,38,39,40)/t21-/m0/s1. The first-order chi connectivity index (χ1) is 23.2.